The van der Waals surface area contributed by atoms with Crippen molar-refractivity contribution < 1.29 is 4.79 Å². The highest BCUT2D eigenvalue weighted by atomic mass is 16.2. The Kier molecular flexibility index (Phi) is 4.21. The van der Waals surface area contributed by atoms with E-state index in [-0.39, 0.29) is 17.5 Å². The van der Waals surface area contributed by atoms with Crippen molar-refractivity contribution in [3.63, 3.8) is 0 Å². The number of carbonyl (C=O) groups is 1. The number of nitrogens with zero attached hydrogens (tertiary/aromatic N) is 2. The van der Waals surface area contributed by atoms with Crippen molar-refractivity contribution in [1.29, 1.82) is 0 Å². The summed E-state index contributed by atoms with van der Waals surface area (Å²) in [7, 11) is 2.14. The highest BCUT2D eigenvalue weighted by Crippen LogP contribution is 2.30. The summed E-state index contributed by atoms with van der Waals surface area (Å²) in [5.41, 5.74) is 6.16. The molecule has 110 valence electrons. The molecule has 0 bridgehead atoms. The van der Waals surface area contributed by atoms with Crippen LogP contribution in [0.3, 0.4) is 0 Å². The Bertz CT molecular complexity index is 332. The van der Waals surface area contributed by atoms with E-state index in [0.29, 0.717) is 11.8 Å². The molecule has 0 aromatic rings. The SMILES string of the molecule is CC1CC(N)CC(C(=O)N2CCN(C)C(C)(C)C2)C1. The van der Waals surface area contributed by atoms with Gasteiger partial charge in [-0.15, -0.1) is 0 Å². The molecule has 3 atom stereocenters. The van der Waals surface area contributed by atoms with Crippen LogP contribution in [0.2, 0.25) is 0 Å². The van der Waals surface area contributed by atoms with Crippen LogP contribution in [0, 0.1) is 11.8 Å². The Morgan fingerprint density at radius 1 is 1.21 bits per heavy atom. The lowest BCUT2D eigenvalue weighted by Gasteiger charge is -2.46. The Morgan fingerprint density at radius 3 is 2.47 bits per heavy atom. The van der Waals surface area contributed by atoms with Gasteiger partial charge in [0, 0.05) is 37.1 Å². The van der Waals surface area contributed by atoms with E-state index in [2.05, 4.69) is 37.6 Å². The summed E-state index contributed by atoms with van der Waals surface area (Å²) in [6.07, 6.45) is 2.95. The first kappa shape index (κ1) is 14.8. The topological polar surface area (TPSA) is 49.6 Å². The molecule has 1 saturated carbocycles. The molecule has 19 heavy (non-hydrogen) atoms. The minimum absolute atomic E-state index is 0.0797. The van der Waals surface area contributed by atoms with Crippen LogP contribution in [0.5, 0.6) is 0 Å². The van der Waals surface area contributed by atoms with E-state index in [1.165, 1.54) is 0 Å². The minimum Gasteiger partial charge on any atom is -0.339 e. The first-order valence-corrected chi connectivity index (χ1v) is 7.55. The third kappa shape index (κ3) is 3.29. The lowest BCUT2D eigenvalue weighted by molar-refractivity contribution is -0.141. The third-order valence-electron chi connectivity index (χ3n) is 4.96. The quantitative estimate of drug-likeness (QED) is 0.779. The molecule has 4 nitrogen and oxygen atoms in total. The zero-order valence-electron chi connectivity index (χ0n) is 12.9. The number of nitrogens with two attached hydrogens (primary N) is 1. The monoisotopic (exact) mass is 267 g/mol. The van der Waals surface area contributed by atoms with E-state index in [9.17, 15) is 4.79 Å². The van der Waals surface area contributed by atoms with Gasteiger partial charge in [0.2, 0.25) is 5.91 Å². The molecular formula is C15H29N3O. The number of hydrogen-bond acceptors (Lipinski definition) is 3. The summed E-state index contributed by atoms with van der Waals surface area (Å²) in [5, 5.41) is 0. The molecule has 0 spiro atoms. The van der Waals surface area contributed by atoms with Gasteiger partial charge in [0.15, 0.2) is 0 Å². The van der Waals surface area contributed by atoms with Gasteiger partial charge in [-0.05, 0) is 46.1 Å². The maximum absolute atomic E-state index is 12.7. The van der Waals surface area contributed by atoms with Gasteiger partial charge in [-0.1, -0.05) is 6.92 Å². The molecule has 2 rings (SSSR count). The van der Waals surface area contributed by atoms with E-state index < -0.39 is 0 Å². The van der Waals surface area contributed by atoms with E-state index >= 15 is 0 Å². The number of amides is 1. The van der Waals surface area contributed by atoms with Gasteiger partial charge in [-0.2, -0.15) is 0 Å². The number of piperazine rings is 1. The van der Waals surface area contributed by atoms with E-state index in [0.717, 1.165) is 38.9 Å². The van der Waals surface area contributed by atoms with Crippen LogP contribution in [-0.2, 0) is 4.79 Å². The second-order valence-corrected chi connectivity index (χ2v) is 7.26. The number of hydrogen-bond donors (Lipinski definition) is 1. The number of rotatable bonds is 1. The lowest BCUT2D eigenvalue weighted by atomic mass is 9.79. The van der Waals surface area contributed by atoms with Crippen LogP contribution < -0.4 is 5.73 Å². The molecule has 4 heteroatoms. The zero-order valence-corrected chi connectivity index (χ0v) is 12.9. The van der Waals surface area contributed by atoms with E-state index in [1.807, 2.05) is 0 Å². The maximum Gasteiger partial charge on any atom is 0.225 e. The van der Waals surface area contributed by atoms with Crippen molar-refractivity contribution in [3.8, 4) is 0 Å². The highest BCUT2D eigenvalue weighted by molar-refractivity contribution is 5.79. The molecule has 3 unspecified atom stereocenters. The fourth-order valence-electron chi connectivity index (χ4n) is 3.54. The van der Waals surface area contributed by atoms with Crippen LogP contribution in [0.4, 0.5) is 0 Å². The average Bonchev–Trinajstić information content (AvgIpc) is 2.30. The van der Waals surface area contributed by atoms with Crippen molar-refractivity contribution in [2.24, 2.45) is 17.6 Å². The summed E-state index contributed by atoms with van der Waals surface area (Å²) in [6, 6.07) is 0.207. The van der Waals surface area contributed by atoms with Crippen molar-refractivity contribution >= 4 is 5.91 Å². The molecule has 1 amide bonds. The predicted octanol–water partition coefficient (Wildman–Crippen LogP) is 1.30. The molecule has 1 saturated heterocycles. The Balaban J connectivity index is 2.00. The van der Waals surface area contributed by atoms with Crippen LogP contribution >= 0.6 is 0 Å². The average molecular weight is 267 g/mol. The first-order chi connectivity index (χ1) is 8.79. The molecular weight excluding hydrogens is 238 g/mol. The van der Waals surface area contributed by atoms with Crippen LogP contribution in [0.25, 0.3) is 0 Å². The zero-order chi connectivity index (χ0) is 14.2. The fourth-order valence-corrected chi connectivity index (χ4v) is 3.54. The Labute approximate surface area is 117 Å². The minimum atomic E-state index is 0.0797. The van der Waals surface area contributed by atoms with Crippen molar-refractivity contribution in [3.05, 3.63) is 0 Å². The molecule has 2 fully saturated rings. The summed E-state index contributed by atoms with van der Waals surface area (Å²) >= 11 is 0. The van der Waals surface area contributed by atoms with E-state index in [4.69, 9.17) is 5.73 Å². The number of likely N-dealkylation sites (N-methyl/N-ethyl adjacent to an activating group) is 1. The summed E-state index contributed by atoms with van der Waals surface area (Å²) in [4.78, 5) is 17.1. The molecule has 1 heterocycles. The van der Waals surface area contributed by atoms with Crippen molar-refractivity contribution in [1.82, 2.24) is 9.80 Å². The van der Waals surface area contributed by atoms with Crippen LogP contribution in [-0.4, -0.2) is 54.0 Å². The summed E-state index contributed by atoms with van der Waals surface area (Å²) in [6.45, 7) is 9.30. The van der Waals surface area contributed by atoms with Crippen LogP contribution in [0.15, 0.2) is 0 Å². The maximum atomic E-state index is 12.7. The molecule has 1 aliphatic carbocycles. The second kappa shape index (κ2) is 5.41. The van der Waals surface area contributed by atoms with Gasteiger partial charge >= 0.3 is 0 Å². The molecule has 1 aliphatic heterocycles. The van der Waals surface area contributed by atoms with Gasteiger partial charge in [-0.3, -0.25) is 9.69 Å². The lowest BCUT2D eigenvalue weighted by Crippen LogP contribution is -2.60. The summed E-state index contributed by atoms with van der Waals surface area (Å²) < 4.78 is 0. The highest BCUT2D eigenvalue weighted by Gasteiger charge is 2.37. The Morgan fingerprint density at radius 2 is 1.89 bits per heavy atom. The largest absolute Gasteiger partial charge is 0.339 e. The predicted molar refractivity (Wildman–Crippen MR) is 77.8 cm³/mol. The summed E-state index contributed by atoms with van der Waals surface area (Å²) in [5.74, 6) is 1.07. The smallest absolute Gasteiger partial charge is 0.225 e. The van der Waals surface area contributed by atoms with Gasteiger partial charge in [0.05, 0.1) is 0 Å². The van der Waals surface area contributed by atoms with Gasteiger partial charge in [-0.25, -0.2) is 0 Å². The standard InChI is InChI=1S/C15H29N3O/c1-11-7-12(9-13(16)8-11)14(19)18-6-5-17(4)15(2,3)10-18/h11-13H,5-10,16H2,1-4H3. The normalized spacial score (nSPS) is 36.3. The number of carbonyl (C=O) groups excluding carboxylic acids is 1. The molecule has 2 aliphatic rings. The third-order valence-corrected chi connectivity index (χ3v) is 4.96. The Hall–Kier alpha value is -0.610. The molecule has 2 N–H and O–H groups in total. The fraction of sp³-hybridized carbons (Fsp3) is 0.933. The van der Waals surface area contributed by atoms with Gasteiger partial charge in [0.25, 0.3) is 0 Å². The first-order valence-electron chi connectivity index (χ1n) is 7.55. The van der Waals surface area contributed by atoms with Gasteiger partial charge < -0.3 is 10.6 Å². The van der Waals surface area contributed by atoms with Crippen molar-refractivity contribution in [2.45, 2.75) is 51.6 Å². The molecule has 0 aromatic carbocycles. The van der Waals surface area contributed by atoms with Gasteiger partial charge in [0.1, 0.15) is 0 Å². The molecule has 0 aromatic heterocycles. The second-order valence-electron chi connectivity index (χ2n) is 7.26. The van der Waals surface area contributed by atoms with Crippen LogP contribution in [0.1, 0.15) is 40.0 Å². The van der Waals surface area contributed by atoms with Crippen molar-refractivity contribution in [2.75, 3.05) is 26.7 Å². The molecule has 0 radical (unpaired) electrons. The van der Waals surface area contributed by atoms with E-state index in [1.54, 1.807) is 0 Å².